The number of carbonyl (C=O) groups excluding carboxylic acids is 1. The number of aromatic nitrogens is 1. The van der Waals surface area contributed by atoms with Gasteiger partial charge in [0.25, 0.3) is 5.91 Å². The Morgan fingerprint density at radius 1 is 0.941 bits per heavy atom. The lowest BCUT2D eigenvalue weighted by Crippen LogP contribution is -2.46. The molecule has 1 aromatic heterocycles. The van der Waals surface area contributed by atoms with E-state index in [2.05, 4.69) is 32.1 Å². The van der Waals surface area contributed by atoms with Crippen LogP contribution in [-0.4, -0.2) is 75.3 Å². The van der Waals surface area contributed by atoms with Crippen LogP contribution in [0.25, 0.3) is 10.8 Å². The Morgan fingerprint density at radius 3 is 2.41 bits per heavy atom. The quantitative estimate of drug-likeness (QED) is 0.585. The summed E-state index contributed by atoms with van der Waals surface area (Å²) in [7, 11) is 1.69. The first kappa shape index (κ1) is 22.5. The summed E-state index contributed by atoms with van der Waals surface area (Å²) < 4.78 is 5.28. The van der Waals surface area contributed by atoms with Gasteiger partial charge in [0.2, 0.25) is 0 Å². The number of amides is 1. The Labute approximate surface area is 201 Å². The zero-order valence-corrected chi connectivity index (χ0v) is 19.9. The van der Waals surface area contributed by atoms with Crippen molar-refractivity contribution in [3.63, 3.8) is 0 Å². The van der Waals surface area contributed by atoms with Crippen molar-refractivity contribution in [3.05, 3.63) is 60.3 Å². The normalized spacial score (nSPS) is 16.7. The van der Waals surface area contributed by atoms with Crippen LogP contribution in [0.4, 0.5) is 11.5 Å². The summed E-state index contributed by atoms with van der Waals surface area (Å²) in [6.45, 7) is 7.49. The molecule has 0 radical (unpaired) electrons. The maximum absolute atomic E-state index is 12.8. The topological polar surface area (TPSA) is 60.9 Å². The van der Waals surface area contributed by atoms with E-state index in [0.29, 0.717) is 12.1 Å². The first-order chi connectivity index (χ1) is 16.7. The number of nitrogens with zero attached hydrogens (tertiary/aromatic N) is 4. The predicted octanol–water partition coefficient (Wildman–Crippen LogP) is 3.40. The highest BCUT2D eigenvalue weighted by Crippen LogP contribution is 2.28. The standard InChI is InChI=1S/C27H33N5O2/c1-34-24-8-6-23(7-9-24)31-16-18-32(19-17-31)26-25-20-22(5-4-21(25)10-11-28-26)27(33)29-12-15-30-13-2-3-14-30/h4-11,20H,2-3,12-19H2,1H3,(H,29,33). The van der Waals surface area contributed by atoms with Crippen LogP contribution in [0.1, 0.15) is 23.2 Å². The van der Waals surface area contributed by atoms with Gasteiger partial charge in [-0.05, 0) is 73.8 Å². The number of nitrogens with one attached hydrogen (secondary N) is 1. The van der Waals surface area contributed by atoms with E-state index in [-0.39, 0.29) is 5.91 Å². The third-order valence-electron chi connectivity index (χ3n) is 6.94. The average molecular weight is 460 g/mol. The molecule has 3 aromatic rings. The molecule has 0 aliphatic carbocycles. The Kier molecular flexibility index (Phi) is 6.81. The van der Waals surface area contributed by atoms with Crippen molar-refractivity contribution < 1.29 is 9.53 Å². The highest BCUT2D eigenvalue weighted by molar-refractivity contribution is 6.01. The lowest BCUT2D eigenvalue weighted by atomic mass is 10.1. The molecule has 1 amide bonds. The Morgan fingerprint density at radius 2 is 1.68 bits per heavy atom. The van der Waals surface area contributed by atoms with Crippen molar-refractivity contribution in [1.29, 1.82) is 0 Å². The number of hydrogen-bond donors (Lipinski definition) is 1. The molecule has 7 heteroatoms. The SMILES string of the molecule is COc1ccc(N2CCN(c3nccc4ccc(C(=O)NCCN5CCCC5)cc34)CC2)cc1. The Hall–Kier alpha value is -3.32. The fraction of sp³-hybridized carbons (Fsp3) is 0.407. The molecule has 5 rings (SSSR count). The van der Waals surface area contributed by atoms with Crippen LogP contribution in [0.5, 0.6) is 5.75 Å². The molecular formula is C27H33N5O2. The molecule has 2 saturated heterocycles. The van der Waals surface area contributed by atoms with Crippen molar-refractivity contribution in [2.75, 3.05) is 69.3 Å². The van der Waals surface area contributed by atoms with Gasteiger partial charge in [-0.3, -0.25) is 4.79 Å². The van der Waals surface area contributed by atoms with Crippen LogP contribution in [0, 0.1) is 0 Å². The number of rotatable bonds is 7. The third-order valence-corrected chi connectivity index (χ3v) is 6.94. The molecule has 1 N–H and O–H groups in total. The molecule has 0 spiro atoms. The monoisotopic (exact) mass is 459 g/mol. The number of ether oxygens (including phenoxy) is 1. The van der Waals surface area contributed by atoms with E-state index in [1.807, 2.05) is 42.6 Å². The number of hydrogen-bond acceptors (Lipinski definition) is 6. The first-order valence-electron chi connectivity index (χ1n) is 12.2. The minimum absolute atomic E-state index is 0.0137. The lowest BCUT2D eigenvalue weighted by molar-refractivity contribution is 0.0950. The molecule has 0 atom stereocenters. The predicted molar refractivity (Wildman–Crippen MR) is 137 cm³/mol. The van der Waals surface area contributed by atoms with Crippen LogP contribution in [0.15, 0.2) is 54.7 Å². The molecule has 2 fully saturated rings. The molecule has 0 unspecified atom stereocenters. The van der Waals surface area contributed by atoms with Crippen molar-refractivity contribution in [3.8, 4) is 5.75 Å². The van der Waals surface area contributed by atoms with Gasteiger partial charge in [0, 0.05) is 62.1 Å². The van der Waals surface area contributed by atoms with Crippen LogP contribution in [0.3, 0.4) is 0 Å². The van der Waals surface area contributed by atoms with Gasteiger partial charge in [-0.2, -0.15) is 0 Å². The third kappa shape index (κ3) is 4.94. The zero-order chi connectivity index (χ0) is 23.3. The molecular weight excluding hydrogens is 426 g/mol. The number of pyridine rings is 1. The van der Waals surface area contributed by atoms with E-state index in [1.54, 1.807) is 7.11 Å². The highest BCUT2D eigenvalue weighted by Gasteiger charge is 2.21. The van der Waals surface area contributed by atoms with Crippen LogP contribution >= 0.6 is 0 Å². The summed E-state index contributed by atoms with van der Waals surface area (Å²) in [5, 5.41) is 5.23. The van der Waals surface area contributed by atoms with E-state index in [4.69, 9.17) is 9.72 Å². The molecule has 7 nitrogen and oxygen atoms in total. The average Bonchev–Trinajstić information content (AvgIpc) is 3.42. The number of fused-ring (bicyclic) bond motifs is 1. The fourth-order valence-electron chi connectivity index (χ4n) is 4.95. The minimum atomic E-state index is -0.0137. The molecule has 178 valence electrons. The van der Waals surface area contributed by atoms with Gasteiger partial charge in [-0.1, -0.05) is 6.07 Å². The van der Waals surface area contributed by atoms with Crippen LogP contribution in [-0.2, 0) is 0 Å². The van der Waals surface area contributed by atoms with E-state index >= 15 is 0 Å². The van der Waals surface area contributed by atoms with Crippen molar-refractivity contribution in [2.24, 2.45) is 0 Å². The molecule has 3 heterocycles. The first-order valence-corrected chi connectivity index (χ1v) is 12.2. The largest absolute Gasteiger partial charge is 0.497 e. The van der Waals surface area contributed by atoms with E-state index < -0.39 is 0 Å². The van der Waals surface area contributed by atoms with Crippen molar-refractivity contribution in [2.45, 2.75) is 12.8 Å². The van der Waals surface area contributed by atoms with Crippen molar-refractivity contribution >= 4 is 28.2 Å². The van der Waals surface area contributed by atoms with E-state index in [9.17, 15) is 4.79 Å². The fourth-order valence-corrected chi connectivity index (χ4v) is 4.95. The second-order valence-electron chi connectivity index (χ2n) is 9.05. The lowest BCUT2D eigenvalue weighted by Gasteiger charge is -2.37. The molecule has 0 saturated carbocycles. The second kappa shape index (κ2) is 10.3. The molecule has 34 heavy (non-hydrogen) atoms. The van der Waals surface area contributed by atoms with Gasteiger partial charge < -0.3 is 24.8 Å². The number of methoxy groups -OCH3 is 1. The zero-order valence-electron chi connectivity index (χ0n) is 19.9. The van der Waals surface area contributed by atoms with Gasteiger partial charge >= 0.3 is 0 Å². The van der Waals surface area contributed by atoms with Gasteiger partial charge in [-0.15, -0.1) is 0 Å². The van der Waals surface area contributed by atoms with Gasteiger partial charge in [-0.25, -0.2) is 4.98 Å². The number of carbonyl (C=O) groups is 1. The maximum atomic E-state index is 12.8. The molecule has 0 bridgehead atoms. The van der Waals surface area contributed by atoms with E-state index in [0.717, 1.165) is 68.2 Å². The van der Waals surface area contributed by atoms with Gasteiger partial charge in [0.05, 0.1) is 7.11 Å². The maximum Gasteiger partial charge on any atom is 0.251 e. The number of anilines is 2. The Balaban J connectivity index is 1.26. The molecule has 2 aromatic carbocycles. The van der Waals surface area contributed by atoms with E-state index in [1.165, 1.54) is 18.5 Å². The summed E-state index contributed by atoms with van der Waals surface area (Å²) in [4.78, 5) is 24.7. The highest BCUT2D eigenvalue weighted by atomic mass is 16.5. The number of piperazine rings is 1. The minimum Gasteiger partial charge on any atom is -0.497 e. The second-order valence-corrected chi connectivity index (χ2v) is 9.05. The van der Waals surface area contributed by atoms with Crippen LogP contribution in [0.2, 0.25) is 0 Å². The van der Waals surface area contributed by atoms with Gasteiger partial charge in [0.15, 0.2) is 0 Å². The summed E-state index contributed by atoms with van der Waals surface area (Å²) in [6.07, 6.45) is 4.40. The number of benzene rings is 2. The summed E-state index contributed by atoms with van der Waals surface area (Å²) in [6, 6.07) is 16.2. The summed E-state index contributed by atoms with van der Waals surface area (Å²) in [5.41, 5.74) is 1.90. The van der Waals surface area contributed by atoms with Crippen LogP contribution < -0.4 is 19.9 Å². The molecule has 2 aliphatic heterocycles. The Bertz CT molecular complexity index is 1120. The summed E-state index contributed by atoms with van der Waals surface area (Å²) in [5.74, 6) is 1.82. The smallest absolute Gasteiger partial charge is 0.251 e. The summed E-state index contributed by atoms with van der Waals surface area (Å²) >= 11 is 0. The van der Waals surface area contributed by atoms with Gasteiger partial charge in [0.1, 0.15) is 11.6 Å². The molecule has 2 aliphatic rings. The number of likely N-dealkylation sites (tertiary alicyclic amines) is 1. The van der Waals surface area contributed by atoms with Crippen molar-refractivity contribution in [1.82, 2.24) is 15.2 Å².